The van der Waals surface area contributed by atoms with Gasteiger partial charge in [0.1, 0.15) is 5.71 Å². The number of nitrogens with two attached hydrogens (primary N) is 1. The van der Waals surface area contributed by atoms with E-state index in [9.17, 15) is 22.8 Å². The molecular formula is C27H23F3N4O2. The van der Waals surface area contributed by atoms with Crippen LogP contribution in [0, 0.1) is 17.2 Å². The quantitative estimate of drug-likeness (QED) is 0.273. The topological polar surface area (TPSA) is 109 Å². The first-order valence-corrected chi connectivity index (χ1v) is 11.3. The van der Waals surface area contributed by atoms with Crippen molar-refractivity contribution in [2.45, 2.75) is 25.9 Å². The van der Waals surface area contributed by atoms with Gasteiger partial charge >= 0.3 is 6.18 Å². The second-order valence-corrected chi connectivity index (χ2v) is 8.71. The van der Waals surface area contributed by atoms with E-state index in [1.165, 1.54) is 19.2 Å². The van der Waals surface area contributed by atoms with E-state index in [2.05, 4.69) is 16.0 Å². The zero-order valence-corrected chi connectivity index (χ0v) is 19.3. The second-order valence-electron chi connectivity index (χ2n) is 8.71. The van der Waals surface area contributed by atoms with Crippen LogP contribution in [0.15, 0.2) is 77.8 Å². The number of benzene rings is 1. The van der Waals surface area contributed by atoms with E-state index in [1.807, 2.05) is 0 Å². The maximum atomic E-state index is 13.1. The first kappa shape index (κ1) is 24.9. The maximum Gasteiger partial charge on any atom is 0.416 e. The fraction of sp³-hybridized carbons (Fsp3) is 0.222. The number of halogens is 3. The Morgan fingerprint density at radius 1 is 1.17 bits per heavy atom. The Labute approximate surface area is 205 Å². The lowest BCUT2D eigenvalue weighted by Gasteiger charge is -2.14. The van der Waals surface area contributed by atoms with Gasteiger partial charge in [0.25, 0.3) is 0 Å². The van der Waals surface area contributed by atoms with Crippen LogP contribution >= 0.6 is 0 Å². The Hall–Kier alpha value is -4.23. The van der Waals surface area contributed by atoms with Crippen molar-refractivity contribution < 1.29 is 22.8 Å². The molecule has 0 radical (unpaired) electrons. The third-order valence-corrected chi connectivity index (χ3v) is 6.00. The van der Waals surface area contributed by atoms with Crippen LogP contribution in [0.4, 0.5) is 24.5 Å². The van der Waals surface area contributed by atoms with Crippen LogP contribution in [0.1, 0.15) is 25.3 Å². The van der Waals surface area contributed by atoms with Gasteiger partial charge < -0.3 is 11.1 Å². The highest BCUT2D eigenvalue weighted by atomic mass is 19.4. The highest BCUT2D eigenvalue weighted by Gasteiger charge is 2.32. The first-order chi connectivity index (χ1) is 17.0. The number of hydrogen-bond acceptors (Lipinski definition) is 5. The van der Waals surface area contributed by atoms with Gasteiger partial charge in [-0.15, -0.1) is 5.73 Å². The summed E-state index contributed by atoms with van der Waals surface area (Å²) in [7, 11) is 0. The van der Waals surface area contributed by atoms with Gasteiger partial charge in [0.15, 0.2) is 5.78 Å². The molecule has 4 rings (SSSR count). The molecule has 1 fully saturated rings. The Morgan fingerprint density at radius 2 is 1.92 bits per heavy atom. The third-order valence-electron chi connectivity index (χ3n) is 6.00. The molecule has 4 N–H and O–H groups in total. The molecule has 1 aromatic heterocycles. The minimum absolute atomic E-state index is 0.0364. The predicted octanol–water partition coefficient (Wildman–Crippen LogP) is 5.39. The summed E-state index contributed by atoms with van der Waals surface area (Å²) in [4.78, 5) is 29.3. The van der Waals surface area contributed by atoms with E-state index in [4.69, 9.17) is 11.1 Å². The number of carbonyl (C=O) groups is 2. The number of amides is 1. The monoisotopic (exact) mass is 492 g/mol. The Balaban J connectivity index is 1.55. The molecule has 0 saturated heterocycles. The first-order valence-electron chi connectivity index (χ1n) is 11.3. The summed E-state index contributed by atoms with van der Waals surface area (Å²) in [6.45, 7) is 1.51. The molecule has 0 bridgehead atoms. The number of nitrogens with zero attached hydrogens (tertiary/aromatic N) is 1. The largest absolute Gasteiger partial charge is 0.416 e. The summed E-state index contributed by atoms with van der Waals surface area (Å²) in [5.41, 5.74) is 9.97. The van der Waals surface area contributed by atoms with Gasteiger partial charge in [-0.3, -0.25) is 20.0 Å². The van der Waals surface area contributed by atoms with Gasteiger partial charge in [-0.25, -0.2) is 0 Å². The summed E-state index contributed by atoms with van der Waals surface area (Å²) in [5, 5.41) is 11.3. The minimum Gasteiger partial charge on any atom is -0.398 e. The summed E-state index contributed by atoms with van der Waals surface area (Å²) < 4.78 is 39.0. The van der Waals surface area contributed by atoms with Crippen molar-refractivity contribution in [3.63, 3.8) is 0 Å². The number of anilines is 2. The second kappa shape index (κ2) is 9.79. The van der Waals surface area contributed by atoms with Crippen molar-refractivity contribution in [3.05, 3.63) is 83.4 Å². The number of hydrogen-bond donors (Lipinski definition) is 3. The molecule has 36 heavy (non-hydrogen) atoms. The lowest BCUT2D eigenvalue weighted by Crippen LogP contribution is -2.24. The van der Waals surface area contributed by atoms with Crippen LogP contribution in [0.3, 0.4) is 0 Å². The van der Waals surface area contributed by atoms with E-state index in [0.717, 1.165) is 31.1 Å². The number of nitrogens with one attached hydrogen (secondary N) is 2. The van der Waals surface area contributed by atoms with Gasteiger partial charge in [-0.05, 0) is 60.9 Å². The molecule has 1 aromatic carbocycles. The normalized spacial score (nSPS) is 16.0. The Bertz CT molecular complexity index is 1380. The van der Waals surface area contributed by atoms with E-state index in [1.54, 1.807) is 30.5 Å². The average Bonchev–Trinajstić information content (AvgIpc) is 3.70. The molecule has 1 saturated carbocycles. The lowest BCUT2D eigenvalue weighted by atomic mass is 9.89. The zero-order chi connectivity index (χ0) is 26.0. The SMILES string of the molecule is CC(C(=O)C(=N)c1cc(-c2cncc(NC(=O)C3CC3)c2)ccc1N)C1=C=CC=C(C(F)(F)F)C=C1. The van der Waals surface area contributed by atoms with Crippen LogP contribution in [-0.4, -0.2) is 28.6 Å². The molecule has 1 amide bonds. The molecular weight excluding hydrogens is 469 g/mol. The van der Waals surface area contributed by atoms with Crippen LogP contribution in [0.25, 0.3) is 11.1 Å². The number of allylic oxidation sites excluding steroid dienone is 5. The molecule has 2 aromatic rings. The molecule has 1 heterocycles. The van der Waals surface area contributed by atoms with Crippen molar-refractivity contribution in [2.75, 3.05) is 11.1 Å². The molecule has 9 heteroatoms. The highest BCUT2D eigenvalue weighted by Crippen LogP contribution is 2.32. The predicted molar refractivity (Wildman–Crippen MR) is 131 cm³/mol. The van der Waals surface area contributed by atoms with Gasteiger partial charge in [0.2, 0.25) is 5.91 Å². The Kier molecular flexibility index (Phi) is 6.77. The van der Waals surface area contributed by atoms with Crippen molar-refractivity contribution in [1.82, 2.24) is 4.98 Å². The van der Waals surface area contributed by atoms with Crippen LogP contribution in [0.5, 0.6) is 0 Å². The lowest BCUT2D eigenvalue weighted by molar-refractivity contribution is -0.117. The number of alkyl halides is 3. The van der Waals surface area contributed by atoms with Crippen LogP contribution in [-0.2, 0) is 9.59 Å². The fourth-order valence-corrected chi connectivity index (χ4v) is 3.67. The van der Waals surface area contributed by atoms with Crippen LogP contribution < -0.4 is 11.1 Å². The van der Waals surface area contributed by atoms with E-state index in [0.29, 0.717) is 16.8 Å². The number of pyridine rings is 1. The number of carbonyl (C=O) groups excluding carboxylic acids is 2. The average molecular weight is 493 g/mol. The van der Waals surface area contributed by atoms with Gasteiger partial charge in [-0.1, -0.05) is 13.0 Å². The van der Waals surface area contributed by atoms with Crippen molar-refractivity contribution >= 4 is 28.8 Å². The molecule has 184 valence electrons. The molecule has 2 aliphatic carbocycles. The summed E-state index contributed by atoms with van der Waals surface area (Å²) in [5.74, 6) is -1.55. The van der Waals surface area contributed by atoms with Crippen molar-refractivity contribution in [3.8, 4) is 11.1 Å². The molecule has 0 aliphatic heterocycles. The number of aromatic nitrogens is 1. The summed E-state index contributed by atoms with van der Waals surface area (Å²) in [6.07, 6.45) is 4.41. The molecule has 2 aliphatic rings. The van der Waals surface area contributed by atoms with Gasteiger partial charge in [-0.2, -0.15) is 13.2 Å². The number of Topliss-reactive ketones (excluding diaryl/α,β-unsaturated/α-hetero) is 1. The van der Waals surface area contributed by atoms with E-state index < -0.39 is 23.5 Å². The molecule has 6 nitrogen and oxygen atoms in total. The van der Waals surface area contributed by atoms with E-state index in [-0.39, 0.29) is 34.4 Å². The maximum absolute atomic E-state index is 13.1. The molecule has 0 spiro atoms. The molecule has 1 unspecified atom stereocenters. The Morgan fingerprint density at radius 3 is 2.61 bits per heavy atom. The third kappa shape index (κ3) is 5.53. The van der Waals surface area contributed by atoms with E-state index >= 15 is 0 Å². The minimum atomic E-state index is -4.52. The smallest absolute Gasteiger partial charge is 0.398 e. The van der Waals surface area contributed by atoms with Crippen molar-refractivity contribution in [2.24, 2.45) is 11.8 Å². The number of ketones is 1. The van der Waals surface area contributed by atoms with Gasteiger partial charge in [0.05, 0.1) is 23.4 Å². The summed E-state index contributed by atoms with van der Waals surface area (Å²) in [6, 6.07) is 6.61. The number of nitrogen functional groups attached to an aromatic ring is 1. The van der Waals surface area contributed by atoms with Gasteiger partial charge in [0, 0.05) is 34.5 Å². The number of rotatable bonds is 7. The van der Waals surface area contributed by atoms with Crippen molar-refractivity contribution in [1.29, 1.82) is 5.41 Å². The zero-order valence-electron chi connectivity index (χ0n) is 19.3. The van der Waals surface area contributed by atoms with Crippen LogP contribution in [0.2, 0.25) is 0 Å². The highest BCUT2D eigenvalue weighted by molar-refractivity contribution is 6.47. The fourth-order valence-electron chi connectivity index (χ4n) is 3.67. The standard InChI is InChI=1S/C27H23F3N4O2/c1-15(16-3-2-4-20(9-7-16)27(28,29)30)25(35)24(32)22-12-18(8-10-23(22)31)19-11-21(14-33-13-19)34-26(36)17-5-6-17/h2,4,7-15,17,32H,5-6,31H2,1H3,(H,34,36). The summed E-state index contributed by atoms with van der Waals surface area (Å²) >= 11 is 0. The molecule has 1 atom stereocenters.